The van der Waals surface area contributed by atoms with Gasteiger partial charge >= 0.3 is 6.18 Å². The molecule has 11 heteroatoms. The third-order valence-corrected chi connectivity index (χ3v) is 5.38. The lowest BCUT2D eigenvalue weighted by Gasteiger charge is -2.35. The minimum Gasteiger partial charge on any atom is -0.377 e. The van der Waals surface area contributed by atoms with Crippen LogP contribution in [0.2, 0.25) is 0 Å². The number of aromatic nitrogens is 4. The number of methoxy groups -OCH3 is 1. The van der Waals surface area contributed by atoms with Gasteiger partial charge in [-0.3, -0.25) is 0 Å². The van der Waals surface area contributed by atoms with Crippen LogP contribution >= 0.6 is 11.5 Å². The van der Waals surface area contributed by atoms with Crippen molar-refractivity contribution < 1.29 is 17.9 Å². The van der Waals surface area contributed by atoms with E-state index in [4.69, 9.17) is 4.74 Å². The number of rotatable bonds is 5. The highest BCUT2D eigenvalue weighted by atomic mass is 32.1. The summed E-state index contributed by atoms with van der Waals surface area (Å²) < 4.78 is 48.9. The maximum Gasteiger partial charge on any atom is 0.433 e. The molecule has 0 unspecified atom stereocenters. The molecule has 0 bridgehead atoms. The molecule has 7 nitrogen and oxygen atoms in total. The number of alkyl halides is 3. The van der Waals surface area contributed by atoms with Gasteiger partial charge in [0.1, 0.15) is 23.9 Å². The minimum absolute atomic E-state index is 0.0629. The Bertz CT molecular complexity index is 802. The number of anilines is 2. The zero-order chi connectivity index (χ0) is 19.0. The van der Waals surface area contributed by atoms with E-state index in [-0.39, 0.29) is 5.92 Å². The summed E-state index contributed by atoms with van der Waals surface area (Å²) >= 11 is 1.31. The van der Waals surface area contributed by atoms with E-state index in [0.29, 0.717) is 50.3 Å². The average Bonchev–Trinajstić information content (AvgIpc) is 3.40. The SMILES string of the molecule is COCc1nsc(N2CCN(c3cc(C(F)(F)F)nc(C4CC4)n3)CC2)n1. The van der Waals surface area contributed by atoms with Crippen molar-refractivity contribution in [1.29, 1.82) is 0 Å². The minimum atomic E-state index is -4.46. The van der Waals surface area contributed by atoms with Crippen molar-refractivity contribution in [3.05, 3.63) is 23.4 Å². The van der Waals surface area contributed by atoms with E-state index in [9.17, 15) is 13.2 Å². The summed E-state index contributed by atoms with van der Waals surface area (Å²) in [4.78, 5) is 16.6. The van der Waals surface area contributed by atoms with Gasteiger partial charge in [-0.25, -0.2) is 15.0 Å². The molecule has 1 aliphatic heterocycles. The Kier molecular flexibility index (Phi) is 4.89. The summed E-state index contributed by atoms with van der Waals surface area (Å²) in [5, 5.41) is 0.805. The fourth-order valence-electron chi connectivity index (χ4n) is 2.97. The van der Waals surface area contributed by atoms with Crippen molar-refractivity contribution in [3.63, 3.8) is 0 Å². The van der Waals surface area contributed by atoms with E-state index in [1.165, 1.54) is 11.5 Å². The Morgan fingerprint density at radius 2 is 1.81 bits per heavy atom. The number of nitrogens with zero attached hydrogens (tertiary/aromatic N) is 6. The van der Waals surface area contributed by atoms with Crippen LogP contribution in [0.5, 0.6) is 0 Å². The highest BCUT2D eigenvalue weighted by Crippen LogP contribution is 2.40. The Balaban J connectivity index is 1.48. The van der Waals surface area contributed by atoms with Crippen LogP contribution in [0.25, 0.3) is 0 Å². The third kappa shape index (κ3) is 4.13. The molecule has 1 saturated heterocycles. The summed E-state index contributed by atoms with van der Waals surface area (Å²) in [6.07, 6.45) is -2.75. The fraction of sp³-hybridized carbons (Fsp3) is 0.625. The van der Waals surface area contributed by atoms with Gasteiger partial charge in [-0.1, -0.05) is 0 Å². The van der Waals surface area contributed by atoms with Crippen molar-refractivity contribution in [2.75, 3.05) is 43.1 Å². The van der Waals surface area contributed by atoms with Crippen LogP contribution in [0.1, 0.15) is 36.1 Å². The van der Waals surface area contributed by atoms with E-state index in [2.05, 4.69) is 24.2 Å². The Hall–Kier alpha value is -2.01. The van der Waals surface area contributed by atoms with Crippen LogP contribution in [0.4, 0.5) is 24.1 Å². The predicted molar refractivity (Wildman–Crippen MR) is 94.1 cm³/mol. The van der Waals surface area contributed by atoms with Crippen molar-refractivity contribution in [1.82, 2.24) is 19.3 Å². The molecule has 2 aromatic heterocycles. The quantitative estimate of drug-likeness (QED) is 0.764. The van der Waals surface area contributed by atoms with E-state index >= 15 is 0 Å². The van der Waals surface area contributed by atoms with Crippen molar-refractivity contribution >= 4 is 22.5 Å². The van der Waals surface area contributed by atoms with Crippen molar-refractivity contribution in [3.8, 4) is 0 Å². The summed E-state index contributed by atoms with van der Waals surface area (Å²) in [6.45, 7) is 2.79. The first-order chi connectivity index (χ1) is 12.9. The summed E-state index contributed by atoms with van der Waals surface area (Å²) in [5.74, 6) is 1.37. The van der Waals surface area contributed by atoms with Gasteiger partial charge in [-0.05, 0) is 12.8 Å². The third-order valence-electron chi connectivity index (χ3n) is 4.57. The molecule has 0 aromatic carbocycles. The Morgan fingerprint density at radius 3 is 2.44 bits per heavy atom. The number of hydrogen-bond donors (Lipinski definition) is 0. The lowest BCUT2D eigenvalue weighted by Crippen LogP contribution is -2.47. The molecule has 0 N–H and O–H groups in total. The van der Waals surface area contributed by atoms with Crippen LogP contribution < -0.4 is 9.80 Å². The number of ether oxygens (including phenoxy) is 1. The van der Waals surface area contributed by atoms with Gasteiger partial charge in [0.15, 0.2) is 5.82 Å². The van der Waals surface area contributed by atoms with Gasteiger partial charge in [0, 0.05) is 56.8 Å². The molecule has 146 valence electrons. The van der Waals surface area contributed by atoms with Gasteiger partial charge < -0.3 is 14.5 Å². The van der Waals surface area contributed by atoms with Gasteiger partial charge in [0.2, 0.25) is 5.13 Å². The van der Waals surface area contributed by atoms with Crippen LogP contribution in [0, 0.1) is 0 Å². The molecule has 1 saturated carbocycles. The summed E-state index contributed by atoms with van der Waals surface area (Å²) in [5.41, 5.74) is -0.856. The number of hydrogen-bond acceptors (Lipinski definition) is 8. The Labute approximate surface area is 158 Å². The average molecular weight is 400 g/mol. The first-order valence-electron chi connectivity index (χ1n) is 8.71. The summed E-state index contributed by atoms with van der Waals surface area (Å²) in [6, 6.07) is 1.06. The standard InChI is InChI=1S/C16H19F3N6OS/c1-26-9-12-21-15(27-23-12)25-6-4-24(5-7-25)13-8-11(16(17,18)19)20-14(22-13)10-2-3-10/h8,10H,2-7,9H2,1H3. The maximum absolute atomic E-state index is 13.2. The second-order valence-corrected chi connectivity index (χ2v) is 7.37. The largest absolute Gasteiger partial charge is 0.433 e. The van der Waals surface area contributed by atoms with Crippen molar-refractivity contribution in [2.24, 2.45) is 0 Å². The molecule has 2 aromatic rings. The van der Waals surface area contributed by atoms with Crippen LogP contribution in [0.15, 0.2) is 6.07 Å². The molecule has 1 aliphatic carbocycles. The zero-order valence-electron chi connectivity index (χ0n) is 14.7. The molecule has 3 heterocycles. The molecule has 0 atom stereocenters. The predicted octanol–water partition coefficient (Wildman–Crippen LogP) is 2.70. The van der Waals surface area contributed by atoms with Gasteiger partial charge in [-0.15, -0.1) is 0 Å². The van der Waals surface area contributed by atoms with Gasteiger partial charge in [0.25, 0.3) is 0 Å². The number of halogens is 3. The second-order valence-electron chi connectivity index (χ2n) is 6.64. The van der Waals surface area contributed by atoms with Crippen molar-refractivity contribution in [2.45, 2.75) is 31.5 Å². The normalized spacial score (nSPS) is 18.2. The van der Waals surface area contributed by atoms with E-state index in [1.54, 1.807) is 7.11 Å². The molecule has 4 rings (SSSR count). The van der Waals surface area contributed by atoms with Crippen LogP contribution in [-0.4, -0.2) is 52.6 Å². The zero-order valence-corrected chi connectivity index (χ0v) is 15.6. The van der Waals surface area contributed by atoms with Crippen LogP contribution in [-0.2, 0) is 17.5 Å². The van der Waals surface area contributed by atoms with E-state index in [1.807, 2.05) is 4.90 Å². The lowest BCUT2D eigenvalue weighted by molar-refractivity contribution is -0.141. The smallest absolute Gasteiger partial charge is 0.377 e. The monoisotopic (exact) mass is 400 g/mol. The molecular weight excluding hydrogens is 381 g/mol. The van der Waals surface area contributed by atoms with Gasteiger partial charge in [-0.2, -0.15) is 17.5 Å². The summed E-state index contributed by atoms with van der Waals surface area (Å²) in [7, 11) is 1.59. The highest BCUT2D eigenvalue weighted by molar-refractivity contribution is 7.09. The van der Waals surface area contributed by atoms with Crippen LogP contribution in [0.3, 0.4) is 0 Å². The topological polar surface area (TPSA) is 67.3 Å². The fourth-order valence-corrected chi connectivity index (χ4v) is 3.70. The first kappa shape index (κ1) is 18.4. The van der Waals surface area contributed by atoms with E-state index in [0.717, 1.165) is 24.0 Å². The Morgan fingerprint density at radius 1 is 1.11 bits per heavy atom. The first-order valence-corrected chi connectivity index (χ1v) is 9.49. The molecule has 0 spiro atoms. The maximum atomic E-state index is 13.2. The molecule has 27 heavy (non-hydrogen) atoms. The molecular formula is C16H19F3N6OS. The second kappa shape index (κ2) is 7.19. The molecule has 0 amide bonds. The van der Waals surface area contributed by atoms with Gasteiger partial charge in [0.05, 0.1) is 0 Å². The lowest BCUT2D eigenvalue weighted by atomic mass is 10.2. The number of piperazine rings is 1. The molecule has 2 fully saturated rings. The molecule has 0 radical (unpaired) electrons. The highest BCUT2D eigenvalue weighted by Gasteiger charge is 2.37. The molecule has 2 aliphatic rings. The van der Waals surface area contributed by atoms with E-state index < -0.39 is 11.9 Å².